The van der Waals surface area contributed by atoms with Crippen molar-refractivity contribution in [3.63, 3.8) is 0 Å². The molecule has 2 aromatic rings. The predicted molar refractivity (Wildman–Crippen MR) is 98.3 cm³/mol. The van der Waals surface area contributed by atoms with Crippen LogP contribution in [-0.2, 0) is 22.4 Å². The molecule has 13 heteroatoms. The number of hydrogen-bond donors (Lipinski definition) is 2. The van der Waals surface area contributed by atoms with E-state index in [0.29, 0.717) is 6.42 Å². The zero-order valence-corrected chi connectivity index (χ0v) is 16.2. The van der Waals surface area contributed by atoms with E-state index < -0.39 is 50.7 Å². The summed E-state index contributed by atoms with van der Waals surface area (Å²) in [6, 6.07) is 3.74. The molecule has 0 unspecified atom stereocenters. The van der Waals surface area contributed by atoms with Gasteiger partial charge < -0.3 is 10.4 Å². The van der Waals surface area contributed by atoms with Crippen LogP contribution in [0.1, 0.15) is 27.9 Å². The second-order valence-electron chi connectivity index (χ2n) is 6.69. The van der Waals surface area contributed by atoms with Crippen LogP contribution in [0.5, 0.6) is 5.75 Å². The van der Waals surface area contributed by atoms with E-state index in [2.05, 4.69) is 0 Å². The van der Waals surface area contributed by atoms with Crippen LogP contribution in [0.15, 0.2) is 36.4 Å². The number of nitrogens with zero attached hydrogens (tertiary/aromatic N) is 1. The Labute approximate surface area is 172 Å². The first-order chi connectivity index (χ1) is 14.2. The molecule has 0 radical (unpaired) electrons. The van der Waals surface area contributed by atoms with Crippen molar-refractivity contribution in [3.8, 4) is 5.75 Å². The van der Waals surface area contributed by atoms with Crippen LogP contribution in [0, 0.1) is 0 Å². The summed E-state index contributed by atoms with van der Waals surface area (Å²) in [7, 11) is -3.61. The molecular formula is C18H14F6N2O4S. The monoisotopic (exact) mass is 468 g/mol. The van der Waals surface area contributed by atoms with Crippen LogP contribution in [-0.4, -0.2) is 31.7 Å². The molecule has 1 amide bonds. The topological polar surface area (TPSA) is 86.7 Å². The number of carbonyl (C=O) groups is 1. The molecule has 6 nitrogen and oxygen atoms in total. The molecule has 0 spiro atoms. The van der Waals surface area contributed by atoms with E-state index in [1.54, 1.807) is 0 Å². The van der Waals surface area contributed by atoms with E-state index in [9.17, 15) is 44.7 Å². The van der Waals surface area contributed by atoms with Crippen molar-refractivity contribution in [2.45, 2.75) is 18.8 Å². The van der Waals surface area contributed by atoms with Gasteiger partial charge in [-0.3, -0.25) is 9.10 Å². The Bertz CT molecular complexity index is 1100. The molecule has 0 atom stereocenters. The number of amides is 1. The van der Waals surface area contributed by atoms with Crippen molar-refractivity contribution in [1.29, 1.82) is 0 Å². The van der Waals surface area contributed by atoms with Crippen molar-refractivity contribution in [3.05, 3.63) is 53.1 Å². The highest BCUT2D eigenvalue weighted by atomic mass is 32.2. The van der Waals surface area contributed by atoms with Crippen LogP contribution in [0.4, 0.5) is 37.7 Å². The molecule has 1 saturated heterocycles. The van der Waals surface area contributed by atoms with Gasteiger partial charge in [0.05, 0.1) is 28.3 Å². The molecule has 1 heterocycles. The van der Waals surface area contributed by atoms with Gasteiger partial charge in [0.1, 0.15) is 5.75 Å². The molecule has 0 saturated carbocycles. The maximum atomic E-state index is 13.0. The van der Waals surface area contributed by atoms with Crippen molar-refractivity contribution in [2.24, 2.45) is 0 Å². The molecule has 1 aliphatic heterocycles. The summed E-state index contributed by atoms with van der Waals surface area (Å²) in [6.07, 6.45) is -9.93. The minimum atomic E-state index is -5.14. The lowest BCUT2D eigenvalue weighted by Gasteiger charge is -2.19. The second kappa shape index (κ2) is 7.62. The number of carbonyl (C=O) groups excluding carboxylic acids is 1. The third kappa shape index (κ3) is 4.86. The largest absolute Gasteiger partial charge is 0.506 e. The first kappa shape index (κ1) is 22.7. The molecule has 168 valence electrons. The zero-order valence-electron chi connectivity index (χ0n) is 15.4. The minimum absolute atomic E-state index is 0.0747. The van der Waals surface area contributed by atoms with Gasteiger partial charge in [-0.05, 0) is 42.8 Å². The zero-order chi connectivity index (χ0) is 23.2. The highest BCUT2D eigenvalue weighted by Crippen LogP contribution is 2.37. The van der Waals surface area contributed by atoms with Gasteiger partial charge in [0.25, 0.3) is 5.91 Å². The molecule has 0 bridgehead atoms. The van der Waals surface area contributed by atoms with Crippen LogP contribution in [0.25, 0.3) is 0 Å². The van der Waals surface area contributed by atoms with E-state index in [-0.39, 0.29) is 41.9 Å². The fourth-order valence-electron chi connectivity index (χ4n) is 2.99. The Morgan fingerprint density at radius 3 is 2.03 bits per heavy atom. The summed E-state index contributed by atoms with van der Waals surface area (Å²) in [5, 5.41) is 12.0. The third-order valence-corrected chi connectivity index (χ3v) is 6.33. The molecule has 1 fully saturated rings. The Balaban J connectivity index is 1.97. The number of halogens is 6. The van der Waals surface area contributed by atoms with Gasteiger partial charge in [-0.1, -0.05) is 0 Å². The van der Waals surface area contributed by atoms with Crippen molar-refractivity contribution in [1.82, 2.24) is 0 Å². The number of sulfonamides is 1. The van der Waals surface area contributed by atoms with Gasteiger partial charge >= 0.3 is 12.4 Å². The second-order valence-corrected chi connectivity index (χ2v) is 8.70. The maximum Gasteiger partial charge on any atom is 0.416 e. The van der Waals surface area contributed by atoms with E-state index in [1.165, 1.54) is 6.07 Å². The molecule has 0 aliphatic carbocycles. The summed E-state index contributed by atoms with van der Waals surface area (Å²) in [6.45, 7) is 0.142. The number of benzene rings is 2. The molecule has 1 aliphatic rings. The lowest BCUT2D eigenvalue weighted by atomic mass is 10.0. The van der Waals surface area contributed by atoms with Crippen molar-refractivity contribution < 1.29 is 44.7 Å². The van der Waals surface area contributed by atoms with Crippen LogP contribution in [0.3, 0.4) is 0 Å². The van der Waals surface area contributed by atoms with Crippen LogP contribution in [0.2, 0.25) is 0 Å². The Morgan fingerprint density at radius 1 is 0.968 bits per heavy atom. The third-order valence-electron chi connectivity index (χ3n) is 4.47. The maximum absolute atomic E-state index is 13.0. The van der Waals surface area contributed by atoms with Crippen molar-refractivity contribution >= 4 is 27.3 Å². The first-order valence-corrected chi connectivity index (χ1v) is 10.2. The molecule has 2 aromatic carbocycles. The average Bonchev–Trinajstić information content (AvgIpc) is 3.01. The summed E-state index contributed by atoms with van der Waals surface area (Å²) < 4.78 is 103. The molecular weight excluding hydrogens is 454 g/mol. The quantitative estimate of drug-likeness (QED) is 0.522. The number of rotatable bonds is 3. The summed E-state index contributed by atoms with van der Waals surface area (Å²) in [5.41, 5.74) is -4.59. The number of phenolic OH excluding ortho intramolecular Hbond substituents is 1. The molecule has 3 rings (SSSR count). The van der Waals surface area contributed by atoms with Gasteiger partial charge in [0.2, 0.25) is 10.0 Å². The van der Waals surface area contributed by atoms with E-state index in [0.717, 1.165) is 16.4 Å². The fraction of sp³-hybridized carbons (Fsp3) is 0.278. The predicted octanol–water partition coefficient (Wildman–Crippen LogP) is 4.22. The Kier molecular flexibility index (Phi) is 5.59. The number of nitrogens with one attached hydrogen (secondary N) is 1. The smallest absolute Gasteiger partial charge is 0.416 e. The first-order valence-electron chi connectivity index (χ1n) is 8.63. The van der Waals surface area contributed by atoms with Crippen molar-refractivity contribution in [2.75, 3.05) is 21.9 Å². The van der Waals surface area contributed by atoms with Gasteiger partial charge in [0.15, 0.2) is 0 Å². The molecule has 31 heavy (non-hydrogen) atoms. The minimum Gasteiger partial charge on any atom is -0.506 e. The number of phenols is 1. The lowest BCUT2D eigenvalue weighted by molar-refractivity contribution is -0.143. The Hall–Kier alpha value is -2.96. The SMILES string of the molecule is O=C(Nc1cc(N2CCCS2(=O)=O)ccc1O)c1cc(C(F)(F)F)cc(C(F)(F)F)c1. The summed E-state index contributed by atoms with van der Waals surface area (Å²) in [4.78, 5) is 12.4. The number of anilines is 2. The van der Waals surface area contributed by atoms with Gasteiger partial charge in [-0.2, -0.15) is 26.3 Å². The van der Waals surface area contributed by atoms with E-state index in [4.69, 9.17) is 0 Å². The standard InChI is InChI=1S/C18H14F6N2O4S/c19-17(20,21)11-6-10(7-12(8-11)18(22,23)24)16(28)25-14-9-13(2-3-15(14)27)26-4-1-5-31(26,29)30/h2-3,6-9,27H,1,4-5H2,(H,25,28). The van der Waals surface area contributed by atoms with Gasteiger partial charge in [0, 0.05) is 12.1 Å². The summed E-state index contributed by atoms with van der Waals surface area (Å²) >= 11 is 0. The van der Waals surface area contributed by atoms with Gasteiger partial charge in [-0.15, -0.1) is 0 Å². The van der Waals surface area contributed by atoms with E-state index in [1.807, 2.05) is 5.32 Å². The van der Waals surface area contributed by atoms with Gasteiger partial charge in [-0.25, -0.2) is 8.42 Å². The summed E-state index contributed by atoms with van der Waals surface area (Å²) in [5.74, 6) is -2.02. The number of hydrogen-bond acceptors (Lipinski definition) is 4. The molecule has 2 N–H and O–H groups in total. The molecule has 0 aromatic heterocycles. The lowest BCUT2D eigenvalue weighted by Crippen LogP contribution is -2.25. The highest BCUT2D eigenvalue weighted by Gasteiger charge is 2.37. The average molecular weight is 468 g/mol. The number of alkyl halides is 6. The van der Waals surface area contributed by atoms with E-state index >= 15 is 0 Å². The van der Waals surface area contributed by atoms with Crippen LogP contribution >= 0.6 is 0 Å². The van der Waals surface area contributed by atoms with Crippen LogP contribution < -0.4 is 9.62 Å². The number of aromatic hydroxyl groups is 1. The fourth-order valence-corrected chi connectivity index (χ4v) is 4.55. The normalized spacial score (nSPS) is 16.4. The Morgan fingerprint density at radius 2 is 1.55 bits per heavy atom. The highest BCUT2D eigenvalue weighted by molar-refractivity contribution is 7.93.